The zero-order valence-electron chi connectivity index (χ0n) is 12.8. The normalized spacial score (nSPS) is 11.0. The van der Waals surface area contributed by atoms with Crippen molar-refractivity contribution in [2.75, 3.05) is 0 Å². The van der Waals surface area contributed by atoms with Gasteiger partial charge in [-0.2, -0.15) is 0 Å². The summed E-state index contributed by atoms with van der Waals surface area (Å²) in [5, 5.41) is 2.84. The SMILES string of the molecule is C=C(NC(=O)c1ccc(C(C)(C)C)cc1)c1ccccc1. The number of hydrogen-bond donors (Lipinski definition) is 1. The van der Waals surface area contributed by atoms with Crippen LogP contribution in [-0.4, -0.2) is 5.91 Å². The highest BCUT2D eigenvalue weighted by molar-refractivity contribution is 5.99. The van der Waals surface area contributed by atoms with Crippen LogP contribution in [-0.2, 0) is 5.41 Å². The molecule has 0 bridgehead atoms. The van der Waals surface area contributed by atoms with Crippen molar-refractivity contribution >= 4 is 11.6 Å². The Kier molecular flexibility index (Phi) is 4.27. The molecule has 2 heteroatoms. The van der Waals surface area contributed by atoms with Crippen LogP contribution in [0, 0.1) is 0 Å². The topological polar surface area (TPSA) is 29.1 Å². The van der Waals surface area contributed by atoms with Crippen LogP contribution in [0.2, 0.25) is 0 Å². The van der Waals surface area contributed by atoms with E-state index in [1.165, 1.54) is 5.56 Å². The first-order valence-corrected chi connectivity index (χ1v) is 7.04. The summed E-state index contributed by atoms with van der Waals surface area (Å²) < 4.78 is 0. The summed E-state index contributed by atoms with van der Waals surface area (Å²) in [4.78, 5) is 12.2. The number of benzene rings is 2. The first kappa shape index (κ1) is 15.0. The molecule has 0 fully saturated rings. The third-order valence-corrected chi connectivity index (χ3v) is 3.40. The Bertz CT molecular complexity index is 634. The van der Waals surface area contributed by atoms with Gasteiger partial charge in [0.05, 0.1) is 0 Å². The molecule has 0 aromatic heterocycles. The van der Waals surface area contributed by atoms with Gasteiger partial charge in [-0.05, 0) is 28.7 Å². The number of hydrogen-bond acceptors (Lipinski definition) is 1. The van der Waals surface area contributed by atoms with Crippen molar-refractivity contribution in [2.24, 2.45) is 0 Å². The molecular weight excluding hydrogens is 258 g/mol. The van der Waals surface area contributed by atoms with Gasteiger partial charge in [0.25, 0.3) is 5.91 Å². The maximum absolute atomic E-state index is 12.2. The van der Waals surface area contributed by atoms with Crippen molar-refractivity contribution in [3.05, 3.63) is 77.9 Å². The van der Waals surface area contributed by atoms with Crippen molar-refractivity contribution in [3.63, 3.8) is 0 Å². The van der Waals surface area contributed by atoms with Crippen LogP contribution in [0.3, 0.4) is 0 Å². The summed E-state index contributed by atoms with van der Waals surface area (Å²) in [6.07, 6.45) is 0. The monoisotopic (exact) mass is 279 g/mol. The minimum Gasteiger partial charge on any atom is -0.322 e. The minimum absolute atomic E-state index is 0.0860. The van der Waals surface area contributed by atoms with E-state index in [1.54, 1.807) is 0 Å². The van der Waals surface area contributed by atoms with Crippen molar-refractivity contribution in [2.45, 2.75) is 26.2 Å². The molecule has 0 saturated heterocycles. The summed E-state index contributed by atoms with van der Waals surface area (Å²) in [6, 6.07) is 17.3. The molecule has 2 nitrogen and oxygen atoms in total. The van der Waals surface area contributed by atoms with Crippen molar-refractivity contribution in [3.8, 4) is 0 Å². The molecule has 108 valence electrons. The highest BCUT2D eigenvalue weighted by atomic mass is 16.1. The van der Waals surface area contributed by atoms with E-state index in [-0.39, 0.29) is 11.3 Å². The van der Waals surface area contributed by atoms with Crippen LogP contribution in [0.4, 0.5) is 0 Å². The second kappa shape index (κ2) is 5.96. The van der Waals surface area contributed by atoms with Crippen LogP contribution < -0.4 is 5.32 Å². The smallest absolute Gasteiger partial charge is 0.255 e. The lowest BCUT2D eigenvalue weighted by atomic mass is 9.86. The fourth-order valence-electron chi connectivity index (χ4n) is 2.04. The zero-order chi connectivity index (χ0) is 15.5. The van der Waals surface area contributed by atoms with E-state index in [0.29, 0.717) is 11.3 Å². The van der Waals surface area contributed by atoms with Gasteiger partial charge in [0.2, 0.25) is 0 Å². The van der Waals surface area contributed by atoms with E-state index >= 15 is 0 Å². The number of amides is 1. The summed E-state index contributed by atoms with van der Waals surface area (Å²) in [7, 11) is 0. The van der Waals surface area contributed by atoms with Gasteiger partial charge >= 0.3 is 0 Å². The molecule has 21 heavy (non-hydrogen) atoms. The van der Waals surface area contributed by atoms with E-state index in [9.17, 15) is 4.79 Å². The third kappa shape index (κ3) is 3.82. The third-order valence-electron chi connectivity index (χ3n) is 3.40. The lowest BCUT2D eigenvalue weighted by Gasteiger charge is -2.19. The molecule has 0 radical (unpaired) electrons. The summed E-state index contributed by atoms with van der Waals surface area (Å²) >= 11 is 0. The Balaban J connectivity index is 2.09. The van der Waals surface area contributed by atoms with E-state index in [2.05, 4.69) is 32.7 Å². The number of nitrogens with one attached hydrogen (secondary N) is 1. The van der Waals surface area contributed by atoms with Crippen molar-refractivity contribution < 1.29 is 4.79 Å². The van der Waals surface area contributed by atoms with E-state index < -0.39 is 0 Å². The van der Waals surface area contributed by atoms with E-state index in [4.69, 9.17) is 0 Å². The van der Waals surface area contributed by atoms with Crippen LogP contribution >= 0.6 is 0 Å². The molecule has 1 N–H and O–H groups in total. The summed E-state index contributed by atoms with van der Waals surface area (Å²) in [6.45, 7) is 10.4. The quantitative estimate of drug-likeness (QED) is 0.887. The van der Waals surface area contributed by atoms with Crippen LogP contribution in [0.25, 0.3) is 5.70 Å². The molecule has 0 atom stereocenters. The number of rotatable bonds is 3. The summed E-state index contributed by atoms with van der Waals surface area (Å²) in [5.41, 5.74) is 3.46. The van der Waals surface area contributed by atoms with Crippen LogP contribution in [0.1, 0.15) is 42.3 Å². The van der Waals surface area contributed by atoms with Crippen molar-refractivity contribution in [1.82, 2.24) is 5.32 Å². The molecule has 0 aliphatic carbocycles. The van der Waals surface area contributed by atoms with Gasteiger partial charge in [-0.3, -0.25) is 4.79 Å². The largest absolute Gasteiger partial charge is 0.322 e. The van der Waals surface area contributed by atoms with Gasteiger partial charge in [-0.25, -0.2) is 0 Å². The van der Waals surface area contributed by atoms with E-state index in [0.717, 1.165) is 5.56 Å². The molecule has 1 amide bonds. The van der Waals surface area contributed by atoms with Gasteiger partial charge in [0, 0.05) is 11.3 Å². The molecule has 2 aromatic rings. The highest BCUT2D eigenvalue weighted by Gasteiger charge is 2.14. The van der Waals surface area contributed by atoms with Gasteiger partial charge in [-0.15, -0.1) is 0 Å². The maximum Gasteiger partial charge on any atom is 0.255 e. The second-order valence-electron chi connectivity index (χ2n) is 6.13. The Morgan fingerprint density at radius 2 is 1.48 bits per heavy atom. The number of carbonyl (C=O) groups is 1. The zero-order valence-corrected chi connectivity index (χ0v) is 12.8. The van der Waals surface area contributed by atoms with Crippen molar-refractivity contribution in [1.29, 1.82) is 0 Å². The molecule has 0 unspecified atom stereocenters. The average molecular weight is 279 g/mol. The first-order valence-electron chi connectivity index (χ1n) is 7.04. The standard InChI is InChI=1S/C19H21NO/c1-14(15-8-6-5-7-9-15)20-18(21)16-10-12-17(13-11-16)19(2,3)4/h5-13H,1H2,2-4H3,(H,20,21). The Labute approximate surface area is 126 Å². The molecule has 0 spiro atoms. The van der Waals surface area contributed by atoms with Gasteiger partial charge < -0.3 is 5.32 Å². The molecule has 0 saturated carbocycles. The minimum atomic E-state index is -0.135. The lowest BCUT2D eigenvalue weighted by Crippen LogP contribution is -2.21. The summed E-state index contributed by atoms with van der Waals surface area (Å²) in [5.74, 6) is -0.135. The Morgan fingerprint density at radius 1 is 0.905 bits per heavy atom. The molecular formula is C19H21NO. The fraction of sp³-hybridized carbons (Fsp3) is 0.211. The Morgan fingerprint density at radius 3 is 2.00 bits per heavy atom. The van der Waals surface area contributed by atoms with Crippen LogP contribution in [0.15, 0.2) is 61.2 Å². The molecule has 0 aliphatic rings. The second-order valence-corrected chi connectivity index (χ2v) is 6.13. The fourth-order valence-corrected chi connectivity index (χ4v) is 2.04. The molecule has 0 aliphatic heterocycles. The first-order chi connectivity index (χ1) is 9.88. The number of carbonyl (C=O) groups excluding carboxylic acids is 1. The van der Waals surface area contributed by atoms with Gasteiger partial charge in [0.15, 0.2) is 0 Å². The van der Waals surface area contributed by atoms with Crippen LogP contribution in [0.5, 0.6) is 0 Å². The predicted molar refractivity (Wildman–Crippen MR) is 88.1 cm³/mol. The predicted octanol–water partition coefficient (Wildman–Crippen LogP) is 4.38. The molecule has 2 aromatic carbocycles. The van der Waals surface area contributed by atoms with Gasteiger partial charge in [0.1, 0.15) is 0 Å². The Hall–Kier alpha value is -2.35. The average Bonchev–Trinajstić information content (AvgIpc) is 2.47. The lowest BCUT2D eigenvalue weighted by molar-refractivity contribution is 0.0974. The maximum atomic E-state index is 12.2. The van der Waals surface area contributed by atoms with Gasteiger partial charge in [-0.1, -0.05) is 69.8 Å². The highest BCUT2D eigenvalue weighted by Crippen LogP contribution is 2.22. The molecule has 2 rings (SSSR count). The van der Waals surface area contributed by atoms with E-state index in [1.807, 2.05) is 54.6 Å². The molecule has 0 heterocycles.